The Kier molecular flexibility index (Phi) is 3.03. The van der Waals surface area contributed by atoms with Crippen molar-refractivity contribution in [2.75, 3.05) is 0 Å². The largest absolute Gasteiger partial charge is 0.199 e. The Balaban J connectivity index is 2.84. The highest BCUT2D eigenvalue weighted by atomic mass is 15.0. The summed E-state index contributed by atoms with van der Waals surface area (Å²) < 4.78 is 2.14. The van der Waals surface area contributed by atoms with Crippen LogP contribution in [0.25, 0.3) is 0 Å². The molecule has 1 atom stereocenters. The van der Waals surface area contributed by atoms with E-state index in [9.17, 15) is 0 Å². The Morgan fingerprint density at radius 3 is 2.50 bits per heavy atom. The van der Waals surface area contributed by atoms with E-state index in [-0.39, 0.29) is 0 Å². The summed E-state index contributed by atoms with van der Waals surface area (Å²) in [6, 6.07) is 4.69. The molecule has 0 saturated heterocycles. The quantitative estimate of drug-likeness (QED) is 0.474. The Hall–Kier alpha value is -1.11. The summed E-state index contributed by atoms with van der Waals surface area (Å²) in [6.07, 6.45) is 7.24. The van der Waals surface area contributed by atoms with Gasteiger partial charge in [0.15, 0.2) is 18.4 Å². The molecule has 64 valence electrons. The number of aryl methyl sites for hydroxylation is 1. The molecule has 0 spiro atoms. The molecule has 1 aromatic heterocycles. The molecule has 0 radical (unpaired) electrons. The third-order valence-electron chi connectivity index (χ3n) is 2.14. The van der Waals surface area contributed by atoms with Gasteiger partial charge in [-0.1, -0.05) is 13.5 Å². The topological polar surface area (TPSA) is 3.88 Å². The third-order valence-corrected chi connectivity index (χ3v) is 2.14. The van der Waals surface area contributed by atoms with Crippen molar-refractivity contribution in [2.45, 2.75) is 26.3 Å². The maximum atomic E-state index is 3.76. The minimum atomic E-state index is 0.385. The molecular formula is C11H16N+. The van der Waals surface area contributed by atoms with Crippen LogP contribution in [0.1, 0.15) is 25.5 Å². The Morgan fingerprint density at radius 2 is 2.08 bits per heavy atom. The van der Waals surface area contributed by atoms with Crippen LogP contribution in [0.15, 0.2) is 37.2 Å². The Morgan fingerprint density at radius 1 is 1.50 bits per heavy atom. The maximum Gasteiger partial charge on any atom is 0.173 e. The molecule has 1 rings (SSSR count). The van der Waals surface area contributed by atoms with E-state index in [1.165, 1.54) is 5.56 Å². The molecule has 1 heterocycles. The van der Waals surface area contributed by atoms with Crippen LogP contribution < -0.4 is 4.57 Å². The summed E-state index contributed by atoms with van der Waals surface area (Å²) >= 11 is 0. The van der Waals surface area contributed by atoms with E-state index in [1.54, 1.807) is 0 Å². The van der Waals surface area contributed by atoms with Gasteiger partial charge in [0, 0.05) is 19.1 Å². The van der Waals surface area contributed by atoms with Crippen LogP contribution in [0.2, 0.25) is 0 Å². The third kappa shape index (κ3) is 1.94. The van der Waals surface area contributed by atoms with Crippen LogP contribution in [-0.4, -0.2) is 0 Å². The lowest BCUT2D eigenvalue weighted by molar-refractivity contribution is -0.709. The standard InChI is InChI=1S/C11H16N/c1-4-10(3)12-8-6-11(5-2)7-9-12/h4,6-10H,1,5H2,2-3H3/q+1. The van der Waals surface area contributed by atoms with E-state index in [4.69, 9.17) is 0 Å². The van der Waals surface area contributed by atoms with Gasteiger partial charge in [-0.2, -0.15) is 4.57 Å². The number of hydrogen-bond donors (Lipinski definition) is 0. The number of nitrogens with zero attached hydrogens (tertiary/aromatic N) is 1. The molecule has 0 aliphatic heterocycles. The van der Waals surface area contributed by atoms with E-state index in [2.05, 4.69) is 49.5 Å². The molecule has 0 fully saturated rings. The van der Waals surface area contributed by atoms with Gasteiger partial charge in [-0.25, -0.2) is 0 Å². The second-order valence-electron chi connectivity index (χ2n) is 2.98. The van der Waals surface area contributed by atoms with E-state index in [1.807, 2.05) is 6.08 Å². The number of allylic oxidation sites excluding steroid dienone is 1. The van der Waals surface area contributed by atoms with Crippen molar-refractivity contribution in [3.05, 3.63) is 42.7 Å². The lowest BCUT2D eigenvalue weighted by atomic mass is 10.2. The molecule has 1 heteroatoms. The first kappa shape index (κ1) is 8.98. The number of hydrogen-bond acceptors (Lipinski definition) is 0. The van der Waals surface area contributed by atoms with Crippen molar-refractivity contribution < 1.29 is 4.57 Å². The molecule has 0 saturated carbocycles. The highest BCUT2D eigenvalue weighted by molar-refractivity contribution is 5.06. The predicted molar refractivity (Wildman–Crippen MR) is 50.9 cm³/mol. The minimum absolute atomic E-state index is 0.385. The van der Waals surface area contributed by atoms with Crippen molar-refractivity contribution in [3.8, 4) is 0 Å². The first-order chi connectivity index (χ1) is 5.77. The zero-order chi connectivity index (χ0) is 8.97. The summed E-state index contributed by atoms with van der Waals surface area (Å²) in [4.78, 5) is 0. The summed E-state index contributed by atoms with van der Waals surface area (Å²) in [6.45, 7) is 8.05. The fourth-order valence-electron chi connectivity index (χ4n) is 1.10. The van der Waals surface area contributed by atoms with Gasteiger partial charge >= 0.3 is 0 Å². The van der Waals surface area contributed by atoms with Crippen LogP contribution in [-0.2, 0) is 6.42 Å². The molecule has 0 aliphatic rings. The van der Waals surface area contributed by atoms with Gasteiger partial charge in [-0.05, 0) is 18.1 Å². The second kappa shape index (κ2) is 4.05. The van der Waals surface area contributed by atoms with Crippen LogP contribution >= 0.6 is 0 Å². The summed E-state index contributed by atoms with van der Waals surface area (Å²) in [5.74, 6) is 0. The molecule has 1 unspecified atom stereocenters. The van der Waals surface area contributed by atoms with E-state index in [0.29, 0.717) is 6.04 Å². The van der Waals surface area contributed by atoms with Crippen LogP contribution in [0.3, 0.4) is 0 Å². The molecule has 1 aromatic rings. The average molecular weight is 162 g/mol. The predicted octanol–water partition coefficient (Wildman–Crippen LogP) is 2.28. The van der Waals surface area contributed by atoms with Crippen LogP contribution in [0, 0.1) is 0 Å². The molecule has 0 N–H and O–H groups in total. The van der Waals surface area contributed by atoms with Crippen LogP contribution in [0.5, 0.6) is 0 Å². The minimum Gasteiger partial charge on any atom is -0.199 e. The van der Waals surface area contributed by atoms with Crippen molar-refractivity contribution in [2.24, 2.45) is 0 Å². The fourth-order valence-corrected chi connectivity index (χ4v) is 1.10. The average Bonchev–Trinajstić information content (AvgIpc) is 2.17. The summed E-state index contributed by atoms with van der Waals surface area (Å²) in [5, 5.41) is 0. The summed E-state index contributed by atoms with van der Waals surface area (Å²) in [7, 11) is 0. The Bertz CT molecular complexity index is 248. The highest BCUT2D eigenvalue weighted by Crippen LogP contribution is 1.99. The van der Waals surface area contributed by atoms with Gasteiger partial charge in [0.25, 0.3) is 0 Å². The second-order valence-corrected chi connectivity index (χ2v) is 2.98. The van der Waals surface area contributed by atoms with Crippen molar-refractivity contribution in [1.29, 1.82) is 0 Å². The molecule has 0 aromatic carbocycles. The molecule has 0 aliphatic carbocycles. The Labute approximate surface area is 74.4 Å². The van der Waals surface area contributed by atoms with Gasteiger partial charge in [-0.3, -0.25) is 0 Å². The number of rotatable bonds is 3. The monoisotopic (exact) mass is 162 g/mol. The van der Waals surface area contributed by atoms with Gasteiger partial charge in [0.05, 0.1) is 0 Å². The number of aromatic nitrogens is 1. The number of pyridine rings is 1. The van der Waals surface area contributed by atoms with E-state index >= 15 is 0 Å². The van der Waals surface area contributed by atoms with Crippen molar-refractivity contribution in [1.82, 2.24) is 0 Å². The molecule has 1 nitrogen and oxygen atoms in total. The first-order valence-electron chi connectivity index (χ1n) is 4.40. The molecule has 0 bridgehead atoms. The fraction of sp³-hybridized carbons (Fsp3) is 0.364. The SMILES string of the molecule is C=CC(C)[n+]1ccc(CC)cc1. The van der Waals surface area contributed by atoms with Crippen LogP contribution in [0.4, 0.5) is 0 Å². The van der Waals surface area contributed by atoms with E-state index < -0.39 is 0 Å². The van der Waals surface area contributed by atoms with Gasteiger partial charge in [0.2, 0.25) is 0 Å². The first-order valence-corrected chi connectivity index (χ1v) is 4.40. The molecule has 0 amide bonds. The lowest BCUT2D eigenvalue weighted by Crippen LogP contribution is -2.35. The molecular weight excluding hydrogens is 146 g/mol. The van der Waals surface area contributed by atoms with Gasteiger partial charge in [0.1, 0.15) is 0 Å². The lowest BCUT2D eigenvalue weighted by Gasteiger charge is -2.00. The zero-order valence-corrected chi connectivity index (χ0v) is 7.83. The van der Waals surface area contributed by atoms with Gasteiger partial charge < -0.3 is 0 Å². The maximum absolute atomic E-state index is 3.76. The normalized spacial score (nSPS) is 12.5. The van der Waals surface area contributed by atoms with Crippen molar-refractivity contribution >= 4 is 0 Å². The van der Waals surface area contributed by atoms with E-state index in [0.717, 1.165) is 6.42 Å². The summed E-state index contributed by atoms with van der Waals surface area (Å²) in [5.41, 5.74) is 1.38. The zero-order valence-electron chi connectivity index (χ0n) is 7.83. The molecule has 12 heavy (non-hydrogen) atoms. The van der Waals surface area contributed by atoms with Gasteiger partial charge in [-0.15, -0.1) is 0 Å². The smallest absolute Gasteiger partial charge is 0.173 e. The van der Waals surface area contributed by atoms with Crippen molar-refractivity contribution in [3.63, 3.8) is 0 Å². The highest BCUT2D eigenvalue weighted by Gasteiger charge is 2.05.